The summed E-state index contributed by atoms with van der Waals surface area (Å²) in [6, 6.07) is 0. The Morgan fingerprint density at radius 1 is 1.25 bits per heavy atom. The number of aromatic carboxylic acids is 2. The van der Waals surface area contributed by atoms with Gasteiger partial charge in [0, 0.05) is 6.92 Å². The van der Waals surface area contributed by atoms with Gasteiger partial charge in [0.25, 0.3) is 0 Å². The summed E-state index contributed by atoms with van der Waals surface area (Å²) in [4.78, 5) is 32.3. The predicted molar refractivity (Wildman–Crippen MR) is 64.8 cm³/mol. The monoisotopic (exact) mass is 302 g/mol. The highest BCUT2D eigenvalue weighted by Gasteiger charge is 2.34. The first-order chi connectivity index (χ1) is 9.40. The number of fused-ring (bicyclic) bond motifs is 1. The fraction of sp³-hybridized carbons (Fsp3) is 0.364. The number of hydrogen-bond acceptors (Lipinski definition) is 7. The lowest BCUT2D eigenvalue weighted by atomic mass is 10.3. The summed E-state index contributed by atoms with van der Waals surface area (Å²) in [6.45, 7) is 1.09. The first-order valence-electron chi connectivity index (χ1n) is 5.46. The van der Waals surface area contributed by atoms with E-state index in [9.17, 15) is 14.4 Å². The summed E-state index contributed by atoms with van der Waals surface area (Å²) in [5.74, 6) is -3.34. The topological polar surface area (TPSA) is 119 Å². The second-order valence-electron chi connectivity index (χ2n) is 3.88. The van der Waals surface area contributed by atoms with Crippen molar-refractivity contribution in [3.05, 3.63) is 9.75 Å². The highest BCUT2D eigenvalue weighted by molar-refractivity contribution is 7.16. The molecule has 1 aromatic rings. The summed E-state index contributed by atoms with van der Waals surface area (Å²) >= 11 is 0.561. The highest BCUT2D eigenvalue weighted by atomic mass is 32.1. The maximum Gasteiger partial charge on any atom is 0.349 e. The molecule has 9 heteroatoms. The van der Waals surface area contributed by atoms with Gasteiger partial charge in [-0.05, 0) is 0 Å². The van der Waals surface area contributed by atoms with Gasteiger partial charge in [-0.25, -0.2) is 9.59 Å². The van der Waals surface area contributed by atoms with Gasteiger partial charge in [-0.1, -0.05) is 0 Å². The molecule has 1 aliphatic heterocycles. The first kappa shape index (κ1) is 14.1. The van der Waals surface area contributed by atoms with Crippen LogP contribution in [0.25, 0.3) is 0 Å². The molecule has 0 spiro atoms. The number of ether oxygens (including phenoxy) is 3. The molecule has 0 fully saturated rings. The Bertz CT molecular complexity index is 575. The van der Waals surface area contributed by atoms with Crippen LogP contribution in [0, 0.1) is 0 Å². The quantitative estimate of drug-likeness (QED) is 0.785. The Morgan fingerprint density at radius 2 is 1.85 bits per heavy atom. The Labute approximate surface area is 116 Å². The number of hydrogen-bond donors (Lipinski definition) is 2. The molecule has 8 nitrogen and oxygen atoms in total. The van der Waals surface area contributed by atoms with Crippen molar-refractivity contribution < 1.29 is 38.8 Å². The maximum absolute atomic E-state index is 11.1. The third-order valence-electron chi connectivity index (χ3n) is 2.38. The molecule has 0 saturated heterocycles. The number of rotatable bonds is 4. The largest absolute Gasteiger partial charge is 0.484 e. The molecule has 1 atom stereocenters. The molecule has 2 heterocycles. The molecular formula is C11H10O8S. The fourth-order valence-electron chi connectivity index (χ4n) is 1.59. The van der Waals surface area contributed by atoms with Crippen LogP contribution < -0.4 is 9.47 Å². The van der Waals surface area contributed by atoms with Crippen LogP contribution in [0.4, 0.5) is 0 Å². The van der Waals surface area contributed by atoms with Crippen LogP contribution in [0.1, 0.15) is 26.3 Å². The van der Waals surface area contributed by atoms with Crippen LogP contribution in [0.5, 0.6) is 11.5 Å². The second-order valence-corrected chi connectivity index (χ2v) is 4.90. The zero-order chi connectivity index (χ0) is 14.9. The Balaban J connectivity index is 2.28. The van der Waals surface area contributed by atoms with Crippen LogP contribution in [0.15, 0.2) is 0 Å². The van der Waals surface area contributed by atoms with Gasteiger partial charge in [0.1, 0.15) is 13.2 Å². The number of carboxylic acid groups (broad SMARTS) is 2. The average molecular weight is 302 g/mol. The van der Waals surface area contributed by atoms with Gasteiger partial charge in [-0.3, -0.25) is 4.79 Å². The van der Waals surface area contributed by atoms with E-state index in [1.54, 1.807) is 0 Å². The third kappa shape index (κ3) is 2.67. The minimum absolute atomic E-state index is 0.0314. The van der Waals surface area contributed by atoms with Crippen molar-refractivity contribution >= 4 is 29.2 Å². The van der Waals surface area contributed by atoms with Gasteiger partial charge in [0.05, 0.1) is 0 Å². The van der Waals surface area contributed by atoms with Crippen LogP contribution >= 0.6 is 11.3 Å². The van der Waals surface area contributed by atoms with Gasteiger partial charge >= 0.3 is 17.9 Å². The molecule has 2 N–H and O–H groups in total. The van der Waals surface area contributed by atoms with Crippen molar-refractivity contribution in [2.24, 2.45) is 0 Å². The summed E-state index contributed by atoms with van der Waals surface area (Å²) in [5.41, 5.74) is 0. The molecule has 1 unspecified atom stereocenters. The molecular weight excluding hydrogens is 292 g/mol. The molecule has 1 aromatic heterocycles. The Morgan fingerprint density at radius 3 is 2.40 bits per heavy atom. The number of carboxylic acids is 2. The van der Waals surface area contributed by atoms with Crippen molar-refractivity contribution in [3.63, 3.8) is 0 Å². The highest BCUT2D eigenvalue weighted by Crippen LogP contribution is 2.44. The van der Waals surface area contributed by atoms with Gasteiger partial charge in [0.15, 0.2) is 27.4 Å². The third-order valence-corrected chi connectivity index (χ3v) is 3.51. The van der Waals surface area contributed by atoms with Crippen molar-refractivity contribution in [1.29, 1.82) is 0 Å². The minimum Gasteiger partial charge on any atom is -0.484 e. The molecule has 0 radical (unpaired) electrons. The van der Waals surface area contributed by atoms with E-state index in [-0.39, 0.29) is 34.5 Å². The van der Waals surface area contributed by atoms with Gasteiger partial charge in [-0.15, -0.1) is 11.3 Å². The van der Waals surface area contributed by atoms with Crippen LogP contribution in [-0.4, -0.2) is 47.4 Å². The van der Waals surface area contributed by atoms with Gasteiger partial charge < -0.3 is 24.4 Å². The van der Waals surface area contributed by atoms with Crippen LogP contribution in [0.3, 0.4) is 0 Å². The standard InChI is InChI=1S/C11H10O8S/c1-4(12)17-2-5-3-18-6-7(19-5)9(11(15)16)20-8(6)10(13)14/h5H,2-3H2,1H3,(H,13,14)(H,15,16). The SMILES string of the molecule is CC(=O)OCC1COc2c(C(=O)O)sc(C(=O)O)c2O1. The lowest BCUT2D eigenvalue weighted by molar-refractivity contribution is -0.144. The second kappa shape index (κ2) is 5.37. The summed E-state index contributed by atoms with van der Waals surface area (Å²) < 4.78 is 15.4. The van der Waals surface area contributed by atoms with Crippen molar-refractivity contribution in [2.45, 2.75) is 13.0 Å². The maximum atomic E-state index is 11.1. The Kier molecular flexibility index (Phi) is 3.79. The predicted octanol–water partition coefficient (Wildman–Crippen LogP) is 0.847. The lowest BCUT2D eigenvalue weighted by Crippen LogP contribution is -2.34. The lowest BCUT2D eigenvalue weighted by Gasteiger charge is -2.24. The van der Waals surface area contributed by atoms with Gasteiger partial charge in [0.2, 0.25) is 0 Å². The molecule has 0 saturated carbocycles. The minimum atomic E-state index is -1.31. The smallest absolute Gasteiger partial charge is 0.349 e. The van der Waals surface area contributed by atoms with E-state index in [2.05, 4.69) is 0 Å². The molecule has 0 aromatic carbocycles. The molecule has 20 heavy (non-hydrogen) atoms. The van der Waals surface area contributed by atoms with Crippen LogP contribution in [0.2, 0.25) is 0 Å². The number of carbonyl (C=O) groups is 3. The summed E-state index contributed by atoms with van der Waals surface area (Å²) in [5, 5.41) is 18.0. The van der Waals surface area contributed by atoms with E-state index < -0.39 is 24.0 Å². The zero-order valence-corrected chi connectivity index (χ0v) is 11.1. The number of thiophene rings is 1. The number of esters is 1. The van der Waals surface area contributed by atoms with E-state index in [1.165, 1.54) is 6.92 Å². The van der Waals surface area contributed by atoms with E-state index in [4.69, 9.17) is 24.4 Å². The molecule has 1 aliphatic rings. The number of carbonyl (C=O) groups excluding carboxylic acids is 1. The van der Waals surface area contributed by atoms with Crippen molar-refractivity contribution in [1.82, 2.24) is 0 Å². The normalized spacial score (nSPS) is 16.6. The van der Waals surface area contributed by atoms with E-state index in [1.807, 2.05) is 0 Å². The average Bonchev–Trinajstić information content (AvgIpc) is 2.75. The molecule has 0 aliphatic carbocycles. The van der Waals surface area contributed by atoms with E-state index >= 15 is 0 Å². The fourth-order valence-corrected chi connectivity index (χ4v) is 2.45. The van der Waals surface area contributed by atoms with Gasteiger partial charge in [-0.2, -0.15) is 0 Å². The van der Waals surface area contributed by atoms with E-state index in [0.29, 0.717) is 11.3 Å². The van der Waals surface area contributed by atoms with Crippen molar-refractivity contribution in [2.75, 3.05) is 13.2 Å². The van der Waals surface area contributed by atoms with Crippen LogP contribution in [-0.2, 0) is 9.53 Å². The van der Waals surface area contributed by atoms with E-state index in [0.717, 1.165) is 0 Å². The first-order valence-corrected chi connectivity index (χ1v) is 6.28. The molecule has 0 amide bonds. The molecule has 108 valence electrons. The molecule has 0 bridgehead atoms. The summed E-state index contributed by atoms with van der Waals surface area (Å²) in [6.07, 6.45) is -0.680. The summed E-state index contributed by atoms with van der Waals surface area (Å²) in [7, 11) is 0. The Hall–Kier alpha value is -2.29. The molecule has 2 rings (SSSR count). The van der Waals surface area contributed by atoms with Crippen molar-refractivity contribution in [3.8, 4) is 11.5 Å². The zero-order valence-electron chi connectivity index (χ0n) is 10.2.